The van der Waals surface area contributed by atoms with Crippen LogP contribution in [0, 0.1) is 11.8 Å². The van der Waals surface area contributed by atoms with Gasteiger partial charge in [-0.2, -0.15) is 0 Å². The summed E-state index contributed by atoms with van der Waals surface area (Å²) in [4.78, 5) is 0. The zero-order valence-electron chi connectivity index (χ0n) is 15.2. The van der Waals surface area contributed by atoms with Crippen molar-refractivity contribution in [2.45, 2.75) is 25.8 Å². The second kappa shape index (κ2) is 9.05. The topological polar surface area (TPSA) is 12.0 Å². The summed E-state index contributed by atoms with van der Waals surface area (Å²) in [5.74, 6) is 0.848. The van der Waals surface area contributed by atoms with Gasteiger partial charge in [0.2, 0.25) is 0 Å². The molecule has 2 heteroatoms. The Bertz CT molecular complexity index is 794. The SMILES string of the molecule is C=C/C=C\C(CC)C1C=C(c2cccc(Br)c2)C=C(C2C=CC=CC2)N1. The van der Waals surface area contributed by atoms with Crippen LogP contribution in [0.4, 0.5) is 0 Å². The molecule has 0 aromatic heterocycles. The summed E-state index contributed by atoms with van der Waals surface area (Å²) >= 11 is 3.61. The van der Waals surface area contributed by atoms with E-state index in [0.29, 0.717) is 11.8 Å². The zero-order chi connectivity index (χ0) is 18.4. The van der Waals surface area contributed by atoms with Gasteiger partial charge in [-0.15, -0.1) is 0 Å². The molecule has 0 fully saturated rings. The first-order valence-corrected chi connectivity index (χ1v) is 10.1. The third kappa shape index (κ3) is 4.56. The number of hydrogen-bond donors (Lipinski definition) is 1. The largest absolute Gasteiger partial charge is 0.381 e. The number of benzene rings is 1. The fourth-order valence-electron chi connectivity index (χ4n) is 3.52. The molecule has 3 rings (SSSR count). The first kappa shape index (κ1) is 18.7. The van der Waals surface area contributed by atoms with Crippen LogP contribution in [0.15, 0.2) is 95.7 Å². The fourth-order valence-corrected chi connectivity index (χ4v) is 3.92. The molecule has 2 aliphatic rings. The average molecular weight is 408 g/mol. The van der Waals surface area contributed by atoms with Gasteiger partial charge in [0, 0.05) is 22.0 Å². The number of allylic oxidation sites excluding steroid dienone is 8. The molecule has 26 heavy (non-hydrogen) atoms. The molecule has 1 aliphatic heterocycles. The van der Waals surface area contributed by atoms with Crippen molar-refractivity contribution in [1.29, 1.82) is 0 Å². The van der Waals surface area contributed by atoms with Crippen LogP contribution in [0.25, 0.3) is 5.57 Å². The predicted octanol–water partition coefficient (Wildman–Crippen LogP) is 6.59. The third-order valence-corrected chi connectivity index (χ3v) is 5.46. The summed E-state index contributed by atoms with van der Waals surface area (Å²) in [6.45, 7) is 6.06. The van der Waals surface area contributed by atoms with Crippen molar-refractivity contribution >= 4 is 21.5 Å². The lowest BCUT2D eigenvalue weighted by Gasteiger charge is -2.32. The molecular weight excluding hydrogens is 382 g/mol. The minimum absolute atomic E-state index is 0.282. The van der Waals surface area contributed by atoms with Gasteiger partial charge >= 0.3 is 0 Å². The van der Waals surface area contributed by atoms with Crippen LogP contribution in [0.1, 0.15) is 25.3 Å². The molecule has 1 N–H and O–H groups in total. The van der Waals surface area contributed by atoms with Crippen molar-refractivity contribution in [2.75, 3.05) is 0 Å². The van der Waals surface area contributed by atoms with Gasteiger partial charge in [0.25, 0.3) is 0 Å². The molecule has 1 aromatic rings. The summed E-state index contributed by atoms with van der Waals surface area (Å²) in [6.07, 6.45) is 21.8. The quantitative estimate of drug-likeness (QED) is 0.524. The highest BCUT2D eigenvalue weighted by atomic mass is 79.9. The molecule has 1 aromatic carbocycles. The lowest BCUT2D eigenvalue weighted by Crippen LogP contribution is -2.37. The van der Waals surface area contributed by atoms with Crippen molar-refractivity contribution in [3.05, 3.63) is 101 Å². The van der Waals surface area contributed by atoms with E-state index in [1.807, 2.05) is 6.08 Å². The minimum Gasteiger partial charge on any atom is -0.381 e. The summed E-state index contributed by atoms with van der Waals surface area (Å²) in [5.41, 5.74) is 3.85. The molecule has 0 radical (unpaired) electrons. The Hall–Kier alpha value is -2.06. The molecule has 1 heterocycles. The molecule has 0 saturated carbocycles. The maximum absolute atomic E-state index is 3.82. The van der Waals surface area contributed by atoms with E-state index in [-0.39, 0.29) is 6.04 Å². The van der Waals surface area contributed by atoms with Gasteiger partial charge < -0.3 is 5.32 Å². The number of nitrogens with one attached hydrogen (secondary N) is 1. The van der Waals surface area contributed by atoms with E-state index in [1.54, 1.807) is 0 Å². The molecule has 0 saturated heterocycles. The third-order valence-electron chi connectivity index (χ3n) is 4.97. The van der Waals surface area contributed by atoms with E-state index in [9.17, 15) is 0 Å². The molecule has 3 atom stereocenters. The zero-order valence-corrected chi connectivity index (χ0v) is 16.8. The van der Waals surface area contributed by atoms with Crippen LogP contribution in [0.5, 0.6) is 0 Å². The Balaban J connectivity index is 1.97. The number of hydrogen-bond acceptors (Lipinski definition) is 1. The Kier molecular flexibility index (Phi) is 6.51. The highest BCUT2D eigenvalue weighted by molar-refractivity contribution is 9.10. The van der Waals surface area contributed by atoms with Crippen molar-refractivity contribution in [3.63, 3.8) is 0 Å². The molecule has 0 spiro atoms. The standard InChI is InChI=1S/C24H26BrN/c1-3-5-10-18(4-2)23-16-21(20-13-9-14-22(25)15-20)17-24(26-23)19-11-7-6-8-12-19/h3,5-11,13-19,23,26H,1,4,12H2,2H3/b10-5-. The highest BCUT2D eigenvalue weighted by Gasteiger charge is 2.24. The molecule has 0 amide bonds. The molecule has 3 unspecified atom stereocenters. The van der Waals surface area contributed by atoms with Crippen LogP contribution >= 0.6 is 15.9 Å². The van der Waals surface area contributed by atoms with E-state index in [2.05, 4.69) is 108 Å². The monoisotopic (exact) mass is 407 g/mol. The number of dihydropyridines is 1. The van der Waals surface area contributed by atoms with Crippen molar-refractivity contribution < 1.29 is 0 Å². The van der Waals surface area contributed by atoms with Gasteiger partial charge in [0.15, 0.2) is 0 Å². The minimum atomic E-state index is 0.282. The van der Waals surface area contributed by atoms with Crippen molar-refractivity contribution in [2.24, 2.45) is 11.8 Å². The number of rotatable bonds is 6. The average Bonchev–Trinajstić information content (AvgIpc) is 2.69. The molecule has 134 valence electrons. The van der Waals surface area contributed by atoms with E-state index in [4.69, 9.17) is 0 Å². The Morgan fingerprint density at radius 2 is 2.23 bits per heavy atom. The van der Waals surface area contributed by atoms with Crippen LogP contribution in [0.2, 0.25) is 0 Å². The lowest BCUT2D eigenvalue weighted by molar-refractivity contribution is 0.472. The smallest absolute Gasteiger partial charge is 0.0513 e. The van der Waals surface area contributed by atoms with Crippen LogP contribution in [0.3, 0.4) is 0 Å². The summed E-state index contributed by atoms with van der Waals surface area (Å²) in [7, 11) is 0. The Morgan fingerprint density at radius 3 is 2.92 bits per heavy atom. The predicted molar refractivity (Wildman–Crippen MR) is 117 cm³/mol. The van der Waals surface area contributed by atoms with Crippen molar-refractivity contribution in [3.8, 4) is 0 Å². The molecule has 1 nitrogen and oxygen atoms in total. The first-order chi connectivity index (χ1) is 12.7. The summed E-state index contributed by atoms with van der Waals surface area (Å²) in [5, 5.41) is 3.80. The maximum atomic E-state index is 3.82. The van der Waals surface area contributed by atoms with Crippen LogP contribution < -0.4 is 5.32 Å². The van der Waals surface area contributed by atoms with Gasteiger partial charge in [-0.1, -0.05) is 90.2 Å². The van der Waals surface area contributed by atoms with Crippen molar-refractivity contribution in [1.82, 2.24) is 5.32 Å². The lowest BCUT2D eigenvalue weighted by atomic mass is 9.86. The maximum Gasteiger partial charge on any atom is 0.0513 e. The Morgan fingerprint density at radius 1 is 1.35 bits per heavy atom. The van der Waals surface area contributed by atoms with Gasteiger partial charge in [-0.3, -0.25) is 0 Å². The molecule has 0 bridgehead atoms. The van der Waals surface area contributed by atoms with E-state index in [0.717, 1.165) is 17.3 Å². The van der Waals surface area contributed by atoms with Gasteiger partial charge in [-0.25, -0.2) is 0 Å². The van der Waals surface area contributed by atoms with E-state index in [1.165, 1.54) is 16.8 Å². The normalized spacial score (nSPS) is 23.3. The van der Waals surface area contributed by atoms with Gasteiger partial charge in [0.05, 0.1) is 6.04 Å². The molecule has 1 aliphatic carbocycles. The fraction of sp³-hybridized carbons (Fsp3) is 0.250. The van der Waals surface area contributed by atoms with Gasteiger partial charge in [-0.05, 0) is 42.2 Å². The second-order valence-corrected chi connectivity index (χ2v) is 7.67. The first-order valence-electron chi connectivity index (χ1n) is 9.29. The van der Waals surface area contributed by atoms with E-state index < -0.39 is 0 Å². The highest BCUT2D eigenvalue weighted by Crippen LogP contribution is 2.31. The Labute approximate surface area is 165 Å². The van der Waals surface area contributed by atoms with Gasteiger partial charge in [0.1, 0.15) is 0 Å². The van der Waals surface area contributed by atoms with Crippen LogP contribution in [-0.4, -0.2) is 6.04 Å². The molecular formula is C24H26BrN. The van der Waals surface area contributed by atoms with Crippen LogP contribution in [-0.2, 0) is 0 Å². The van der Waals surface area contributed by atoms with E-state index >= 15 is 0 Å². The summed E-state index contributed by atoms with van der Waals surface area (Å²) in [6, 6.07) is 8.83. The second-order valence-electron chi connectivity index (χ2n) is 6.75. The summed E-state index contributed by atoms with van der Waals surface area (Å²) < 4.78 is 1.11. The number of halogens is 1.